The van der Waals surface area contributed by atoms with Crippen molar-refractivity contribution in [3.8, 4) is 0 Å². The van der Waals surface area contributed by atoms with E-state index in [0.717, 1.165) is 10.9 Å². The van der Waals surface area contributed by atoms with Gasteiger partial charge in [0.25, 0.3) is 0 Å². The lowest BCUT2D eigenvalue weighted by atomic mass is 10.1. The van der Waals surface area contributed by atoms with Gasteiger partial charge in [0.05, 0.1) is 0 Å². The fraction of sp³-hybridized carbons (Fsp3) is 0.500. The first-order chi connectivity index (χ1) is 6.26. The second kappa shape index (κ2) is 3.39. The van der Waals surface area contributed by atoms with Crippen LogP contribution in [-0.4, -0.2) is 17.6 Å². The highest BCUT2D eigenvalue weighted by atomic mass is 79.9. The third-order valence-corrected chi connectivity index (χ3v) is 3.48. The largest absolute Gasteiger partial charge is 0.314 e. The number of pyridine rings is 1. The molecular formula is C10H13BrN2. The number of halogens is 1. The van der Waals surface area contributed by atoms with E-state index in [1.807, 2.05) is 19.4 Å². The molecule has 0 saturated heterocycles. The average molecular weight is 241 g/mol. The van der Waals surface area contributed by atoms with Crippen LogP contribution in [0.3, 0.4) is 0 Å². The zero-order valence-corrected chi connectivity index (χ0v) is 9.26. The van der Waals surface area contributed by atoms with Gasteiger partial charge in [-0.15, -0.1) is 0 Å². The zero-order chi connectivity index (χ0) is 9.31. The summed E-state index contributed by atoms with van der Waals surface area (Å²) in [6.45, 7) is 0. The maximum absolute atomic E-state index is 4.05. The average Bonchev–Trinajstić information content (AvgIpc) is 2.90. The summed E-state index contributed by atoms with van der Waals surface area (Å²) in [5, 5.41) is 3.39. The van der Waals surface area contributed by atoms with Gasteiger partial charge in [-0.2, -0.15) is 0 Å². The van der Waals surface area contributed by atoms with Crippen molar-refractivity contribution in [2.24, 2.45) is 0 Å². The van der Waals surface area contributed by atoms with Crippen LogP contribution in [0.5, 0.6) is 0 Å². The SMILES string of the molecule is CNC1(Cc2ccncc2Br)CC1. The van der Waals surface area contributed by atoms with Gasteiger partial charge in [0.2, 0.25) is 0 Å². The lowest BCUT2D eigenvalue weighted by Crippen LogP contribution is -2.29. The molecule has 2 nitrogen and oxygen atoms in total. The number of hydrogen-bond donors (Lipinski definition) is 1. The minimum absolute atomic E-state index is 0.379. The second-order valence-corrected chi connectivity index (χ2v) is 4.53. The van der Waals surface area contributed by atoms with Gasteiger partial charge in [-0.05, 0) is 53.9 Å². The Hall–Kier alpha value is -0.410. The van der Waals surface area contributed by atoms with Crippen LogP contribution in [0.4, 0.5) is 0 Å². The fourth-order valence-corrected chi connectivity index (χ4v) is 1.97. The van der Waals surface area contributed by atoms with E-state index in [2.05, 4.69) is 32.3 Å². The van der Waals surface area contributed by atoms with Crippen molar-refractivity contribution in [2.45, 2.75) is 24.8 Å². The van der Waals surface area contributed by atoms with Crippen LogP contribution in [0.25, 0.3) is 0 Å². The smallest absolute Gasteiger partial charge is 0.0412 e. The summed E-state index contributed by atoms with van der Waals surface area (Å²) in [7, 11) is 2.04. The van der Waals surface area contributed by atoms with Crippen LogP contribution < -0.4 is 5.32 Å². The minimum Gasteiger partial charge on any atom is -0.314 e. The molecule has 13 heavy (non-hydrogen) atoms. The molecule has 70 valence electrons. The molecule has 1 fully saturated rings. The lowest BCUT2D eigenvalue weighted by molar-refractivity contribution is 0.547. The van der Waals surface area contributed by atoms with Crippen LogP contribution in [0.1, 0.15) is 18.4 Å². The first-order valence-corrected chi connectivity index (χ1v) is 5.32. The molecule has 3 heteroatoms. The summed E-state index contributed by atoms with van der Waals surface area (Å²) in [5.41, 5.74) is 1.73. The summed E-state index contributed by atoms with van der Waals surface area (Å²) in [6, 6.07) is 2.08. The number of aromatic nitrogens is 1. The van der Waals surface area contributed by atoms with Gasteiger partial charge in [0, 0.05) is 22.4 Å². The Morgan fingerprint density at radius 2 is 2.38 bits per heavy atom. The highest BCUT2D eigenvalue weighted by Gasteiger charge is 2.41. The molecule has 0 aromatic carbocycles. The zero-order valence-electron chi connectivity index (χ0n) is 7.68. The van der Waals surface area contributed by atoms with E-state index in [1.54, 1.807) is 0 Å². The number of rotatable bonds is 3. The van der Waals surface area contributed by atoms with E-state index in [-0.39, 0.29) is 0 Å². The topological polar surface area (TPSA) is 24.9 Å². The maximum atomic E-state index is 4.05. The lowest BCUT2D eigenvalue weighted by Gasteiger charge is -2.14. The molecular weight excluding hydrogens is 228 g/mol. The van der Waals surface area contributed by atoms with Crippen molar-refractivity contribution in [2.75, 3.05) is 7.05 Å². The molecule has 0 unspecified atom stereocenters. The van der Waals surface area contributed by atoms with E-state index in [1.165, 1.54) is 18.4 Å². The van der Waals surface area contributed by atoms with Crippen molar-refractivity contribution in [3.05, 3.63) is 28.5 Å². The Balaban J connectivity index is 2.14. The van der Waals surface area contributed by atoms with Crippen molar-refractivity contribution < 1.29 is 0 Å². The standard InChI is InChI=1S/C10H13BrN2/c1-12-10(3-4-10)6-8-2-5-13-7-9(8)11/h2,5,7,12H,3-4,6H2,1H3. The third kappa shape index (κ3) is 1.92. The number of likely N-dealkylation sites (N-methyl/N-ethyl adjacent to an activating group) is 1. The van der Waals surface area contributed by atoms with Gasteiger partial charge in [0.1, 0.15) is 0 Å². The van der Waals surface area contributed by atoms with Crippen molar-refractivity contribution in [3.63, 3.8) is 0 Å². The molecule has 0 radical (unpaired) electrons. The van der Waals surface area contributed by atoms with Gasteiger partial charge >= 0.3 is 0 Å². The highest BCUT2D eigenvalue weighted by Crippen LogP contribution is 2.39. The molecule has 1 aliphatic rings. The molecule has 1 aliphatic carbocycles. The van der Waals surface area contributed by atoms with Gasteiger partial charge in [-0.1, -0.05) is 0 Å². The van der Waals surface area contributed by atoms with Crippen LogP contribution in [0.15, 0.2) is 22.9 Å². The second-order valence-electron chi connectivity index (χ2n) is 3.67. The molecule has 0 bridgehead atoms. The molecule has 1 aromatic heterocycles. The van der Waals surface area contributed by atoms with E-state index in [0.29, 0.717) is 5.54 Å². The van der Waals surface area contributed by atoms with Gasteiger partial charge in [-0.25, -0.2) is 0 Å². The van der Waals surface area contributed by atoms with E-state index in [9.17, 15) is 0 Å². The van der Waals surface area contributed by atoms with Crippen molar-refractivity contribution in [1.29, 1.82) is 0 Å². The van der Waals surface area contributed by atoms with Crippen LogP contribution in [0.2, 0.25) is 0 Å². The first-order valence-electron chi connectivity index (χ1n) is 4.53. The Morgan fingerprint density at radius 3 is 2.92 bits per heavy atom. The molecule has 1 heterocycles. The minimum atomic E-state index is 0.379. The first kappa shape index (κ1) is 9.16. The monoisotopic (exact) mass is 240 g/mol. The van der Waals surface area contributed by atoms with E-state index in [4.69, 9.17) is 0 Å². The van der Waals surface area contributed by atoms with E-state index < -0.39 is 0 Å². The predicted octanol–water partition coefficient (Wildman–Crippen LogP) is 2.14. The number of nitrogens with one attached hydrogen (secondary N) is 1. The molecule has 0 atom stereocenters. The van der Waals surface area contributed by atoms with Crippen LogP contribution in [-0.2, 0) is 6.42 Å². The molecule has 2 rings (SSSR count). The molecule has 0 aliphatic heterocycles. The molecule has 0 spiro atoms. The van der Waals surface area contributed by atoms with Gasteiger partial charge < -0.3 is 5.32 Å². The van der Waals surface area contributed by atoms with Crippen molar-refractivity contribution >= 4 is 15.9 Å². The summed E-state index contributed by atoms with van der Waals surface area (Å²) in [4.78, 5) is 4.05. The fourth-order valence-electron chi connectivity index (χ4n) is 1.58. The molecule has 1 N–H and O–H groups in total. The van der Waals surface area contributed by atoms with Gasteiger partial charge in [-0.3, -0.25) is 4.98 Å². The molecule has 1 aromatic rings. The number of nitrogens with zero attached hydrogens (tertiary/aromatic N) is 1. The summed E-state index contributed by atoms with van der Waals surface area (Å²) < 4.78 is 1.12. The highest BCUT2D eigenvalue weighted by molar-refractivity contribution is 9.10. The van der Waals surface area contributed by atoms with Crippen LogP contribution in [0, 0.1) is 0 Å². The van der Waals surface area contributed by atoms with Crippen LogP contribution >= 0.6 is 15.9 Å². The Bertz CT molecular complexity index is 308. The summed E-state index contributed by atoms with van der Waals surface area (Å²) in [6.07, 6.45) is 7.40. The Morgan fingerprint density at radius 1 is 1.62 bits per heavy atom. The Kier molecular flexibility index (Phi) is 2.39. The Labute approximate surface area is 86.9 Å². The quantitative estimate of drug-likeness (QED) is 0.876. The number of hydrogen-bond acceptors (Lipinski definition) is 2. The van der Waals surface area contributed by atoms with E-state index >= 15 is 0 Å². The maximum Gasteiger partial charge on any atom is 0.0412 e. The van der Waals surface area contributed by atoms with Gasteiger partial charge in [0.15, 0.2) is 0 Å². The molecule has 1 saturated carbocycles. The van der Waals surface area contributed by atoms with Crippen molar-refractivity contribution in [1.82, 2.24) is 10.3 Å². The normalized spacial score (nSPS) is 18.6. The third-order valence-electron chi connectivity index (χ3n) is 2.77. The summed E-state index contributed by atoms with van der Waals surface area (Å²) in [5.74, 6) is 0. The predicted molar refractivity (Wildman–Crippen MR) is 56.7 cm³/mol. The summed E-state index contributed by atoms with van der Waals surface area (Å²) >= 11 is 3.52. The molecule has 0 amide bonds.